The highest BCUT2D eigenvalue weighted by atomic mass is 16.5. The molecule has 0 heterocycles. The molecule has 8 heteroatoms. The van der Waals surface area contributed by atoms with Crippen LogP contribution in [0.4, 0.5) is 11.4 Å². The fourth-order valence-corrected chi connectivity index (χ4v) is 3.37. The molecule has 0 aliphatic carbocycles. The molecule has 0 aromatic heterocycles. The minimum absolute atomic E-state index is 0.285. The van der Waals surface area contributed by atoms with Gasteiger partial charge in [0.15, 0.2) is 11.5 Å². The van der Waals surface area contributed by atoms with Crippen LogP contribution in [-0.2, 0) is 0 Å². The lowest BCUT2D eigenvalue weighted by molar-refractivity contribution is 0.101. The Bertz CT molecular complexity index is 1160. The van der Waals surface area contributed by atoms with E-state index in [1.807, 2.05) is 26.8 Å². The summed E-state index contributed by atoms with van der Waals surface area (Å²) in [6, 6.07) is 17.1. The largest absolute Gasteiger partial charge is 0.493 e. The van der Waals surface area contributed by atoms with Crippen LogP contribution in [0.5, 0.6) is 23.0 Å². The van der Waals surface area contributed by atoms with E-state index in [9.17, 15) is 9.59 Å². The molecule has 0 bridgehead atoms. The van der Waals surface area contributed by atoms with Crippen molar-refractivity contribution in [3.05, 3.63) is 71.8 Å². The number of hydrogen-bond acceptors (Lipinski definition) is 6. The van der Waals surface area contributed by atoms with E-state index in [0.29, 0.717) is 65.3 Å². The lowest BCUT2D eigenvalue weighted by Gasteiger charge is -2.18. The number of carbonyl (C=O) groups excluding carboxylic acids is 2. The first kappa shape index (κ1) is 25.4. The van der Waals surface area contributed by atoms with Crippen molar-refractivity contribution in [3.8, 4) is 23.0 Å². The third-order valence-corrected chi connectivity index (χ3v) is 4.94. The quantitative estimate of drug-likeness (QED) is 0.383. The molecule has 0 saturated carbocycles. The molecule has 8 nitrogen and oxygen atoms in total. The molecule has 0 unspecified atom stereocenters. The van der Waals surface area contributed by atoms with Crippen LogP contribution in [0.2, 0.25) is 0 Å². The minimum Gasteiger partial charge on any atom is -0.493 e. The maximum Gasteiger partial charge on any atom is 0.255 e. The predicted octanol–water partition coefficient (Wildman–Crippen LogP) is 5.40. The second kappa shape index (κ2) is 12.3. The van der Waals surface area contributed by atoms with Crippen LogP contribution >= 0.6 is 0 Å². The molecule has 0 aliphatic heterocycles. The van der Waals surface area contributed by atoms with Gasteiger partial charge in [0.2, 0.25) is 0 Å². The Morgan fingerprint density at radius 1 is 0.629 bits per heavy atom. The maximum atomic E-state index is 13.1. The SMILES string of the molecule is CCOc1cc(NC(=O)c2ccc(OC)c(OCC)c2)c(OCC)cc1NC(=O)c1ccccc1. The highest BCUT2D eigenvalue weighted by molar-refractivity contribution is 6.07. The summed E-state index contributed by atoms with van der Waals surface area (Å²) < 4.78 is 22.4. The molecular weight excluding hydrogens is 448 g/mol. The molecule has 0 saturated heterocycles. The molecule has 3 aromatic carbocycles. The van der Waals surface area contributed by atoms with Crippen molar-refractivity contribution in [1.29, 1.82) is 0 Å². The summed E-state index contributed by atoms with van der Waals surface area (Å²) in [5, 5.41) is 5.75. The molecule has 2 N–H and O–H groups in total. The molecule has 184 valence electrons. The highest BCUT2D eigenvalue weighted by Gasteiger charge is 2.18. The van der Waals surface area contributed by atoms with E-state index in [-0.39, 0.29) is 11.8 Å². The molecular formula is C27H30N2O6. The van der Waals surface area contributed by atoms with Gasteiger partial charge in [-0.2, -0.15) is 0 Å². The van der Waals surface area contributed by atoms with Gasteiger partial charge < -0.3 is 29.6 Å². The van der Waals surface area contributed by atoms with Crippen LogP contribution in [0.3, 0.4) is 0 Å². The fraction of sp³-hybridized carbons (Fsp3) is 0.259. The van der Waals surface area contributed by atoms with Crippen molar-refractivity contribution in [2.45, 2.75) is 20.8 Å². The van der Waals surface area contributed by atoms with Crippen molar-refractivity contribution in [3.63, 3.8) is 0 Å². The second-order valence-corrected chi connectivity index (χ2v) is 7.28. The molecule has 35 heavy (non-hydrogen) atoms. The lowest BCUT2D eigenvalue weighted by atomic mass is 10.1. The van der Waals surface area contributed by atoms with Gasteiger partial charge in [-0.3, -0.25) is 9.59 Å². The van der Waals surface area contributed by atoms with Crippen LogP contribution in [0, 0.1) is 0 Å². The Morgan fingerprint density at radius 2 is 1.14 bits per heavy atom. The average molecular weight is 479 g/mol. The van der Waals surface area contributed by atoms with Gasteiger partial charge in [-0.05, 0) is 51.1 Å². The number of anilines is 2. The average Bonchev–Trinajstić information content (AvgIpc) is 2.87. The zero-order chi connectivity index (χ0) is 25.2. The van der Waals surface area contributed by atoms with Crippen LogP contribution in [0.25, 0.3) is 0 Å². The monoisotopic (exact) mass is 478 g/mol. The van der Waals surface area contributed by atoms with Gasteiger partial charge in [-0.1, -0.05) is 18.2 Å². The van der Waals surface area contributed by atoms with Crippen molar-refractivity contribution >= 4 is 23.2 Å². The van der Waals surface area contributed by atoms with Crippen molar-refractivity contribution in [2.24, 2.45) is 0 Å². The topological polar surface area (TPSA) is 95.1 Å². The van der Waals surface area contributed by atoms with Gasteiger partial charge in [0, 0.05) is 23.3 Å². The number of rotatable bonds is 11. The number of nitrogens with one attached hydrogen (secondary N) is 2. The van der Waals surface area contributed by atoms with Crippen LogP contribution in [0.15, 0.2) is 60.7 Å². The Hall–Kier alpha value is -4.20. The van der Waals surface area contributed by atoms with E-state index < -0.39 is 0 Å². The summed E-state index contributed by atoms with van der Waals surface area (Å²) in [6.07, 6.45) is 0. The van der Waals surface area contributed by atoms with E-state index in [1.54, 1.807) is 61.7 Å². The number of ether oxygens (including phenoxy) is 4. The third kappa shape index (κ3) is 6.44. The summed E-state index contributed by atoms with van der Waals surface area (Å²) >= 11 is 0. The van der Waals surface area contributed by atoms with Gasteiger partial charge in [0.05, 0.1) is 38.3 Å². The molecule has 3 rings (SSSR count). The molecule has 0 fully saturated rings. The normalized spacial score (nSPS) is 10.3. The van der Waals surface area contributed by atoms with Crippen LogP contribution in [0.1, 0.15) is 41.5 Å². The van der Waals surface area contributed by atoms with Gasteiger partial charge in [0.1, 0.15) is 11.5 Å². The first-order valence-electron chi connectivity index (χ1n) is 11.4. The number of amides is 2. The molecule has 2 amide bonds. The summed E-state index contributed by atoms with van der Waals surface area (Å²) in [5.41, 5.74) is 1.74. The number of methoxy groups -OCH3 is 1. The number of hydrogen-bond donors (Lipinski definition) is 2. The van der Waals surface area contributed by atoms with Crippen LogP contribution < -0.4 is 29.6 Å². The Balaban J connectivity index is 1.92. The predicted molar refractivity (Wildman–Crippen MR) is 135 cm³/mol. The Morgan fingerprint density at radius 3 is 1.66 bits per heavy atom. The summed E-state index contributed by atoms with van der Waals surface area (Å²) in [7, 11) is 1.54. The Kier molecular flexibility index (Phi) is 8.95. The molecule has 0 aliphatic rings. The minimum atomic E-state index is -0.363. The zero-order valence-electron chi connectivity index (χ0n) is 20.3. The van der Waals surface area contributed by atoms with Gasteiger partial charge >= 0.3 is 0 Å². The van der Waals surface area contributed by atoms with Gasteiger partial charge in [-0.15, -0.1) is 0 Å². The molecule has 3 aromatic rings. The van der Waals surface area contributed by atoms with Crippen molar-refractivity contribution in [2.75, 3.05) is 37.6 Å². The number of carbonyl (C=O) groups is 2. The highest BCUT2D eigenvalue weighted by Crippen LogP contribution is 2.38. The zero-order valence-corrected chi connectivity index (χ0v) is 20.3. The molecule has 0 atom stereocenters. The molecule has 0 spiro atoms. The van der Waals surface area contributed by atoms with Crippen molar-refractivity contribution < 1.29 is 28.5 Å². The van der Waals surface area contributed by atoms with E-state index in [0.717, 1.165) is 0 Å². The summed E-state index contributed by atoms with van der Waals surface area (Å²) in [5.74, 6) is 1.16. The maximum absolute atomic E-state index is 13.1. The Labute approximate surface area is 205 Å². The van der Waals surface area contributed by atoms with E-state index >= 15 is 0 Å². The van der Waals surface area contributed by atoms with E-state index in [2.05, 4.69) is 10.6 Å². The standard InChI is InChI=1S/C27H30N2O6/c1-5-33-23-17-21(29-27(31)19-13-14-22(32-4)25(15-19)35-7-3)24(34-6-2)16-20(23)28-26(30)18-11-9-8-10-12-18/h8-17H,5-7H2,1-4H3,(H,28,30)(H,29,31). The summed E-state index contributed by atoms with van der Waals surface area (Å²) in [6.45, 7) is 6.69. The third-order valence-electron chi connectivity index (χ3n) is 4.94. The fourth-order valence-electron chi connectivity index (χ4n) is 3.37. The lowest BCUT2D eigenvalue weighted by Crippen LogP contribution is -2.16. The second-order valence-electron chi connectivity index (χ2n) is 7.28. The smallest absolute Gasteiger partial charge is 0.255 e. The summed E-state index contributed by atoms with van der Waals surface area (Å²) in [4.78, 5) is 25.8. The first-order valence-corrected chi connectivity index (χ1v) is 11.4. The molecule has 0 radical (unpaired) electrons. The van der Waals surface area contributed by atoms with Gasteiger partial charge in [-0.25, -0.2) is 0 Å². The van der Waals surface area contributed by atoms with Crippen molar-refractivity contribution in [1.82, 2.24) is 0 Å². The number of benzene rings is 3. The van der Waals surface area contributed by atoms with Gasteiger partial charge in [0.25, 0.3) is 11.8 Å². The van der Waals surface area contributed by atoms with E-state index in [1.165, 1.54) is 0 Å². The van der Waals surface area contributed by atoms with E-state index in [4.69, 9.17) is 18.9 Å². The first-order chi connectivity index (χ1) is 17.0. The van der Waals surface area contributed by atoms with Crippen LogP contribution in [-0.4, -0.2) is 38.7 Å².